The van der Waals surface area contributed by atoms with Crippen LogP contribution in [0.5, 0.6) is 23.0 Å². The Morgan fingerprint density at radius 1 is 0.459 bits per heavy atom. The molecule has 0 amide bonds. The van der Waals surface area contributed by atoms with Gasteiger partial charge in [-0.05, 0) is 128 Å². The van der Waals surface area contributed by atoms with Crippen LogP contribution in [0.1, 0.15) is 51.9 Å². The first-order chi connectivity index (χ1) is 36.5. The molecule has 1 heterocycles. The zero-order valence-corrected chi connectivity index (χ0v) is 41.7. The van der Waals surface area contributed by atoms with Crippen LogP contribution in [0.3, 0.4) is 0 Å². The van der Waals surface area contributed by atoms with Crippen molar-refractivity contribution in [1.82, 2.24) is 0 Å². The Morgan fingerprint density at radius 2 is 0.973 bits per heavy atom. The highest BCUT2D eigenvalue weighted by molar-refractivity contribution is 6.25. The Hall–Kier alpha value is -9.38. The lowest BCUT2D eigenvalue weighted by atomic mass is 9.68. The first-order valence-corrected chi connectivity index (χ1v) is 24.9. The zero-order chi connectivity index (χ0) is 51.0. The van der Waals surface area contributed by atoms with Gasteiger partial charge in [0.2, 0.25) is 0 Å². The van der Waals surface area contributed by atoms with Crippen LogP contribution in [0.15, 0.2) is 266 Å². The Morgan fingerprint density at radius 3 is 1.55 bits per heavy atom. The lowest BCUT2D eigenvalue weighted by Crippen LogP contribution is -2.28. The van der Waals surface area contributed by atoms with Gasteiger partial charge < -0.3 is 14.9 Å². The van der Waals surface area contributed by atoms with Crippen molar-refractivity contribution in [3.05, 3.63) is 300 Å². The second-order valence-corrected chi connectivity index (χ2v) is 18.1. The Labute approximate surface area is 434 Å². The quantitative estimate of drug-likeness (QED) is 0.0983. The molecule has 358 valence electrons. The molecule has 74 heavy (non-hydrogen) atoms. The number of fused-ring (bicyclic) bond motifs is 12. The number of hydrogen-bond acceptors (Lipinski definition) is 4. The number of benzene rings is 11. The van der Waals surface area contributed by atoms with Crippen molar-refractivity contribution in [2.75, 3.05) is 0 Å². The molecule has 0 saturated carbocycles. The predicted molar refractivity (Wildman–Crippen MR) is 312 cm³/mol. The van der Waals surface area contributed by atoms with Gasteiger partial charge in [-0.1, -0.05) is 243 Å². The first kappa shape index (κ1) is 48.3. The third-order valence-corrected chi connectivity index (χ3v) is 14.1. The van der Waals surface area contributed by atoms with E-state index >= 15 is 0 Å². The summed E-state index contributed by atoms with van der Waals surface area (Å²) in [6.07, 6.45) is 5.58. The normalized spacial score (nSPS) is 12.6. The Balaban J connectivity index is 0.000000159. The highest BCUT2D eigenvalue weighted by Gasteiger charge is 2.48. The molecule has 4 nitrogen and oxygen atoms in total. The molecule has 1 atom stereocenters. The summed E-state index contributed by atoms with van der Waals surface area (Å²) in [7, 11) is 0. The highest BCUT2D eigenvalue weighted by Crippen LogP contribution is 2.63. The lowest BCUT2D eigenvalue weighted by molar-refractivity contribution is 0.361. The molecule has 0 radical (unpaired) electrons. The van der Waals surface area contributed by atoms with Gasteiger partial charge in [0.1, 0.15) is 0 Å². The van der Waals surface area contributed by atoms with Crippen LogP contribution >= 0.6 is 0 Å². The first-order valence-electron chi connectivity index (χ1n) is 24.9. The van der Waals surface area contributed by atoms with E-state index in [1.165, 1.54) is 71.3 Å². The SMILES string of the molecule is C=C/C=C\C.C=N.C=NC(c1ccccc1)c1ccc2c3ccccc3c3ccccc3c2c1.Cc1ccccc1-c1cccc2c1Oc1c(ccc3c1-c1ccccc1C3(c1ccccc1)c1ccccc1)O2. The third-order valence-electron chi connectivity index (χ3n) is 14.1. The van der Waals surface area contributed by atoms with Crippen LogP contribution in [0, 0.1) is 12.3 Å². The minimum Gasteiger partial charge on any atom is -0.449 e. The zero-order valence-electron chi connectivity index (χ0n) is 41.7. The highest BCUT2D eigenvalue weighted by atomic mass is 16.6. The van der Waals surface area contributed by atoms with Gasteiger partial charge in [0.05, 0.1) is 11.5 Å². The smallest absolute Gasteiger partial charge is 0.178 e. The fraction of sp³-hybridized carbons (Fsp3) is 0.0571. The Kier molecular flexibility index (Phi) is 14.0. The molecule has 11 aromatic rings. The van der Waals surface area contributed by atoms with Crippen molar-refractivity contribution < 1.29 is 9.47 Å². The van der Waals surface area contributed by atoms with Crippen LogP contribution in [0.25, 0.3) is 54.6 Å². The van der Waals surface area contributed by atoms with Crippen molar-refractivity contribution >= 4 is 45.8 Å². The molecular formula is C70H56N2O2. The molecule has 0 fully saturated rings. The molecule has 11 aromatic carbocycles. The minimum absolute atomic E-state index is 0.0548. The van der Waals surface area contributed by atoms with E-state index in [0.717, 1.165) is 45.3 Å². The van der Waals surface area contributed by atoms with Crippen molar-refractivity contribution in [2.45, 2.75) is 25.3 Å². The van der Waals surface area contributed by atoms with E-state index in [4.69, 9.17) is 14.9 Å². The number of allylic oxidation sites excluding steroid dienone is 3. The molecule has 2 aliphatic rings. The van der Waals surface area contributed by atoms with Gasteiger partial charge in [-0.25, -0.2) is 0 Å². The molecule has 0 bridgehead atoms. The largest absolute Gasteiger partial charge is 0.449 e. The molecule has 1 N–H and O–H groups in total. The molecule has 4 heteroatoms. The van der Waals surface area contributed by atoms with Gasteiger partial charge in [0, 0.05) is 11.1 Å². The molecule has 1 unspecified atom stereocenters. The van der Waals surface area contributed by atoms with Gasteiger partial charge in [-0.3, -0.25) is 4.99 Å². The van der Waals surface area contributed by atoms with Crippen molar-refractivity contribution in [2.24, 2.45) is 4.99 Å². The van der Waals surface area contributed by atoms with E-state index in [1.54, 1.807) is 6.08 Å². The lowest BCUT2D eigenvalue weighted by Gasteiger charge is -2.34. The number of ether oxygens (including phenoxy) is 2. The number of para-hydroxylation sites is 1. The fourth-order valence-electron chi connectivity index (χ4n) is 10.9. The van der Waals surface area contributed by atoms with Crippen molar-refractivity contribution in [1.29, 1.82) is 5.41 Å². The van der Waals surface area contributed by atoms with E-state index in [0.29, 0.717) is 0 Å². The van der Waals surface area contributed by atoms with Gasteiger partial charge in [0.15, 0.2) is 23.0 Å². The maximum absolute atomic E-state index is 6.96. The van der Waals surface area contributed by atoms with Crippen LogP contribution in [-0.4, -0.2) is 13.4 Å². The molecule has 13 rings (SSSR count). The van der Waals surface area contributed by atoms with Crippen LogP contribution in [0.4, 0.5) is 0 Å². The minimum atomic E-state index is -0.483. The van der Waals surface area contributed by atoms with Gasteiger partial charge in [-0.15, -0.1) is 0 Å². The van der Waals surface area contributed by atoms with Gasteiger partial charge in [-0.2, -0.15) is 0 Å². The maximum atomic E-state index is 6.96. The molecule has 0 aromatic heterocycles. The van der Waals surface area contributed by atoms with Crippen molar-refractivity contribution in [3.8, 4) is 45.3 Å². The fourth-order valence-corrected chi connectivity index (χ4v) is 10.9. The summed E-state index contributed by atoms with van der Waals surface area (Å²) in [5.41, 5.74) is 12.4. The topological polar surface area (TPSA) is 54.7 Å². The summed E-state index contributed by atoms with van der Waals surface area (Å²) in [5.74, 6) is 3.00. The van der Waals surface area contributed by atoms with E-state index < -0.39 is 5.41 Å². The Bertz CT molecular complexity index is 3770. The molecular weight excluding hydrogens is 901 g/mol. The van der Waals surface area contributed by atoms with Crippen LogP contribution in [-0.2, 0) is 5.41 Å². The number of nitrogens with one attached hydrogen (secondary N) is 1. The number of aliphatic imine (C=N–C) groups is 1. The molecule has 1 aliphatic heterocycles. The molecule has 1 aliphatic carbocycles. The summed E-state index contributed by atoms with van der Waals surface area (Å²) in [4.78, 5) is 4.43. The summed E-state index contributed by atoms with van der Waals surface area (Å²) in [5, 5.41) is 13.2. The average Bonchev–Trinajstić information content (AvgIpc) is 3.79. The summed E-state index contributed by atoms with van der Waals surface area (Å²) in [6.45, 7) is 13.9. The second kappa shape index (κ2) is 21.5. The van der Waals surface area contributed by atoms with E-state index in [1.807, 2.05) is 37.3 Å². The average molecular weight is 957 g/mol. The second-order valence-electron chi connectivity index (χ2n) is 18.1. The monoisotopic (exact) mass is 956 g/mol. The number of rotatable bonds is 7. The van der Waals surface area contributed by atoms with Crippen LogP contribution in [0.2, 0.25) is 0 Å². The van der Waals surface area contributed by atoms with E-state index in [9.17, 15) is 0 Å². The van der Waals surface area contributed by atoms with E-state index in [-0.39, 0.29) is 6.04 Å². The van der Waals surface area contributed by atoms with Crippen LogP contribution < -0.4 is 9.47 Å². The van der Waals surface area contributed by atoms with E-state index in [2.05, 4.69) is 250 Å². The summed E-state index contributed by atoms with van der Waals surface area (Å²) in [6, 6.07) is 83.5. The standard InChI is InChI=1S/C38H26O2.C26H19N.C5H8.CH3N/c1-25-13-8-9-18-28(25)29-20-12-22-33-36(29)40-37-34(39-33)24-23-32-35(37)30-19-10-11-21-31(30)38(32,26-14-4-2-5-15-26)27-16-6-3-7-17-27;1-27-26(18-9-3-2-4-10-18)19-15-16-24-22-13-6-5-11-20(22)21-12-7-8-14-23(21)25(24)17-19;1-3-5-4-2;1-2/h2-24H,1H3;2-17,26H,1H2;3-5H,1H2,2H3;2H,1H2/b;;5-4-;. The van der Waals surface area contributed by atoms with Gasteiger partial charge >= 0.3 is 0 Å². The number of aryl methyl sites for hydroxylation is 1. The number of hydrogen-bond donors (Lipinski definition) is 1. The molecule has 0 saturated heterocycles. The molecule has 0 spiro atoms. The van der Waals surface area contributed by atoms with Crippen molar-refractivity contribution in [3.63, 3.8) is 0 Å². The summed E-state index contributed by atoms with van der Waals surface area (Å²) < 4.78 is 13.5. The predicted octanol–water partition coefficient (Wildman–Crippen LogP) is 18.9. The maximum Gasteiger partial charge on any atom is 0.178 e. The third kappa shape index (κ3) is 8.56. The van der Waals surface area contributed by atoms with Gasteiger partial charge in [0.25, 0.3) is 0 Å². The summed E-state index contributed by atoms with van der Waals surface area (Å²) >= 11 is 0. The number of nitrogens with zero attached hydrogens (tertiary/aromatic N) is 1.